The maximum Gasteiger partial charge on any atom is 0.251 e. The van der Waals surface area contributed by atoms with Gasteiger partial charge in [-0.1, -0.05) is 57.9 Å². The van der Waals surface area contributed by atoms with Gasteiger partial charge in [0.25, 0.3) is 5.91 Å². The molecule has 2 aromatic carbocycles. The molecular formula is C21H17BrN4O. The number of halogens is 1. The molecule has 27 heavy (non-hydrogen) atoms. The third-order valence-corrected chi connectivity index (χ3v) is 4.88. The smallest absolute Gasteiger partial charge is 0.251 e. The molecule has 0 aliphatic heterocycles. The molecule has 0 radical (unpaired) electrons. The Hall–Kier alpha value is -2.99. The molecule has 2 aromatic heterocycles. The number of aromatic nitrogens is 3. The molecule has 1 amide bonds. The van der Waals surface area contributed by atoms with Crippen LogP contribution < -0.4 is 5.32 Å². The highest BCUT2D eigenvalue weighted by molar-refractivity contribution is 9.10. The molecular weight excluding hydrogens is 404 g/mol. The zero-order chi connectivity index (χ0) is 18.8. The number of benzene rings is 2. The van der Waals surface area contributed by atoms with Gasteiger partial charge in [0.2, 0.25) is 0 Å². The number of amides is 1. The first-order valence-corrected chi connectivity index (χ1v) is 9.34. The third-order valence-electron chi connectivity index (χ3n) is 4.35. The van der Waals surface area contributed by atoms with Crippen molar-refractivity contribution < 1.29 is 4.79 Å². The van der Waals surface area contributed by atoms with Crippen LogP contribution in [0.15, 0.2) is 71.3 Å². The lowest BCUT2D eigenvalue weighted by atomic mass is 10.1. The fourth-order valence-electron chi connectivity index (χ4n) is 2.82. The number of carbonyl (C=O) groups excluding carboxylic acids is 1. The number of fused-ring (bicyclic) bond motifs is 1. The first-order chi connectivity index (χ1) is 13.1. The Kier molecular flexibility index (Phi) is 4.73. The quantitative estimate of drug-likeness (QED) is 0.532. The molecule has 0 fully saturated rings. The summed E-state index contributed by atoms with van der Waals surface area (Å²) in [4.78, 5) is 12.5. The molecule has 0 bridgehead atoms. The summed E-state index contributed by atoms with van der Waals surface area (Å²) >= 11 is 3.43. The molecule has 0 aliphatic rings. The lowest BCUT2D eigenvalue weighted by Crippen LogP contribution is -2.22. The maximum atomic E-state index is 12.5. The number of pyridine rings is 1. The van der Waals surface area contributed by atoms with Crippen molar-refractivity contribution in [1.82, 2.24) is 19.9 Å². The van der Waals surface area contributed by atoms with E-state index in [9.17, 15) is 4.79 Å². The number of carbonyl (C=O) groups is 1. The third kappa shape index (κ3) is 3.75. The van der Waals surface area contributed by atoms with E-state index in [1.807, 2.05) is 66.1 Å². The van der Waals surface area contributed by atoms with E-state index in [2.05, 4.69) is 31.4 Å². The number of aryl methyl sites for hydroxylation is 1. The van der Waals surface area contributed by atoms with Crippen molar-refractivity contribution >= 4 is 27.5 Å². The fourth-order valence-corrected chi connectivity index (χ4v) is 3.08. The zero-order valence-corrected chi connectivity index (χ0v) is 16.3. The molecule has 6 heteroatoms. The largest absolute Gasteiger partial charge is 0.348 e. The first kappa shape index (κ1) is 17.4. The van der Waals surface area contributed by atoms with Crippen molar-refractivity contribution in [2.24, 2.45) is 0 Å². The summed E-state index contributed by atoms with van der Waals surface area (Å²) in [5, 5.41) is 11.4. The number of hydrogen-bond acceptors (Lipinski definition) is 3. The molecule has 5 nitrogen and oxygen atoms in total. The summed E-state index contributed by atoms with van der Waals surface area (Å²) in [5.41, 5.74) is 4.42. The second-order valence-electron chi connectivity index (χ2n) is 6.34. The van der Waals surface area contributed by atoms with E-state index in [1.54, 1.807) is 12.1 Å². The van der Waals surface area contributed by atoms with Crippen LogP contribution >= 0.6 is 15.9 Å². The molecule has 0 saturated heterocycles. The average molecular weight is 421 g/mol. The van der Waals surface area contributed by atoms with Crippen LogP contribution in [0.2, 0.25) is 0 Å². The predicted octanol–water partition coefficient (Wildman–Crippen LogP) is 4.40. The Bertz CT molecular complexity index is 1100. The first-order valence-electron chi connectivity index (χ1n) is 8.54. The van der Waals surface area contributed by atoms with Gasteiger partial charge < -0.3 is 5.32 Å². The SMILES string of the molecule is Cc1ccc(CNC(=O)c2ccn3c(-c4ccc(Br)cc4)nnc3c2)cc1. The molecule has 1 N–H and O–H groups in total. The van der Waals surface area contributed by atoms with Gasteiger partial charge in [-0.2, -0.15) is 0 Å². The molecule has 4 aromatic rings. The Balaban J connectivity index is 1.54. The molecule has 4 rings (SSSR count). The Labute approximate surface area is 165 Å². The van der Waals surface area contributed by atoms with Gasteiger partial charge in [-0.25, -0.2) is 0 Å². The summed E-state index contributed by atoms with van der Waals surface area (Å²) in [6.45, 7) is 2.53. The number of hydrogen-bond donors (Lipinski definition) is 1. The second kappa shape index (κ2) is 7.32. The predicted molar refractivity (Wildman–Crippen MR) is 108 cm³/mol. The summed E-state index contributed by atoms with van der Waals surface area (Å²) in [5.74, 6) is 0.607. The molecule has 0 unspecified atom stereocenters. The second-order valence-corrected chi connectivity index (χ2v) is 7.26. The van der Waals surface area contributed by atoms with E-state index in [1.165, 1.54) is 5.56 Å². The van der Waals surface area contributed by atoms with Gasteiger partial charge >= 0.3 is 0 Å². The topological polar surface area (TPSA) is 59.3 Å². The minimum absolute atomic E-state index is 0.133. The van der Waals surface area contributed by atoms with Crippen LogP contribution in [0, 0.1) is 6.92 Å². The van der Waals surface area contributed by atoms with Crippen molar-refractivity contribution in [3.8, 4) is 11.4 Å². The van der Waals surface area contributed by atoms with E-state index < -0.39 is 0 Å². The minimum atomic E-state index is -0.133. The van der Waals surface area contributed by atoms with Gasteiger partial charge in [0.15, 0.2) is 11.5 Å². The normalized spacial score (nSPS) is 10.9. The molecule has 0 aliphatic carbocycles. The highest BCUT2D eigenvalue weighted by Crippen LogP contribution is 2.21. The number of nitrogens with one attached hydrogen (secondary N) is 1. The van der Waals surface area contributed by atoms with Gasteiger partial charge in [0.1, 0.15) is 0 Å². The van der Waals surface area contributed by atoms with Crippen LogP contribution in [-0.4, -0.2) is 20.5 Å². The minimum Gasteiger partial charge on any atom is -0.348 e. The lowest BCUT2D eigenvalue weighted by molar-refractivity contribution is 0.0951. The van der Waals surface area contributed by atoms with E-state index >= 15 is 0 Å². The lowest BCUT2D eigenvalue weighted by Gasteiger charge is -2.06. The van der Waals surface area contributed by atoms with Crippen molar-refractivity contribution in [2.75, 3.05) is 0 Å². The van der Waals surface area contributed by atoms with E-state index in [0.29, 0.717) is 17.8 Å². The van der Waals surface area contributed by atoms with Gasteiger partial charge in [-0.3, -0.25) is 9.20 Å². The standard InChI is InChI=1S/C21H17BrN4O/c1-14-2-4-15(5-3-14)13-23-21(27)17-10-11-26-19(12-17)24-25-20(26)16-6-8-18(22)9-7-16/h2-12H,13H2,1H3,(H,23,27). The van der Waals surface area contributed by atoms with Crippen LogP contribution in [0.4, 0.5) is 0 Å². The van der Waals surface area contributed by atoms with Gasteiger partial charge in [0.05, 0.1) is 0 Å². The van der Waals surface area contributed by atoms with Crippen molar-refractivity contribution in [1.29, 1.82) is 0 Å². The number of rotatable bonds is 4. The maximum absolute atomic E-state index is 12.5. The summed E-state index contributed by atoms with van der Waals surface area (Å²) < 4.78 is 2.88. The van der Waals surface area contributed by atoms with Crippen LogP contribution in [-0.2, 0) is 6.54 Å². The number of nitrogens with zero attached hydrogens (tertiary/aromatic N) is 3. The fraction of sp³-hybridized carbons (Fsp3) is 0.0952. The Morgan fingerprint density at radius 3 is 2.52 bits per heavy atom. The molecule has 0 spiro atoms. The Morgan fingerprint density at radius 1 is 1.04 bits per heavy atom. The van der Waals surface area contributed by atoms with Crippen LogP contribution in [0.25, 0.3) is 17.0 Å². The highest BCUT2D eigenvalue weighted by atomic mass is 79.9. The zero-order valence-electron chi connectivity index (χ0n) is 14.7. The Morgan fingerprint density at radius 2 is 1.78 bits per heavy atom. The van der Waals surface area contributed by atoms with Gasteiger partial charge in [0, 0.05) is 28.3 Å². The molecule has 2 heterocycles. The van der Waals surface area contributed by atoms with E-state index in [0.717, 1.165) is 21.4 Å². The van der Waals surface area contributed by atoms with Crippen molar-refractivity contribution in [3.05, 3.63) is 88.0 Å². The van der Waals surface area contributed by atoms with Gasteiger partial charge in [-0.05, 0) is 36.8 Å². The summed E-state index contributed by atoms with van der Waals surface area (Å²) in [6.07, 6.45) is 1.83. The monoisotopic (exact) mass is 420 g/mol. The highest BCUT2D eigenvalue weighted by Gasteiger charge is 2.11. The van der Waals surface area contributed by atoms with Crippen LogP contribution in [0.3, 0.4) is 0 Å². The van der Waals surface area contributed by atoms with Crippen molar-refractivity contribution in [3.63, 3.8) is 0 Å². The average Bonchev–Trinajstić information content (AvgIpc) is 3.11. The van der Waals surface area contributed by atoms with Crippen LogP contribution in [0.5, 0.6) is 0 Å². The summed E-state index contributed by atoms with van der Waals surface area (Å²) in [6, 6.07) is 19.5. The van der Waals surface area contributed by atoms with Gasteiger partial charge in [-0.15, -0.1) is 10.2 Å². The molecule has 0 saturated carbocycles. The van der Waals surface area contributed by atoms with E-state index in [-0.39, 0.29) is 5.91 Å². The molecule has 134 valence electrons. The molecule has 0 atom stereocenters. The van der Waals surface area contributed by atoms with Crippen LogP contribution in [0.1, 0.15) is 21.5 Å². The van der Waals surface area contributed by atoms with E-state index in [4.69, 9.17) is 0 Å². The van der Waals surface area contributed by atoms with Crippen molar-refractivity contribution in [2.45, 2.75) is 13.5 Å². The summed E-state index contributed by atoms with van der Waals surface area (Å²) in [7, 11) is 0.